The molecule has 0 bridgehead atoms. The highest BCUT2D eigenvalue weighted by molar-refractivity contribution is 7.11. The molecule has 7 heteroatoms. The Morgan fingerprint density at radius 2 is 2.23 bits per heavy atom. The van der Waals surface area contributed by atoms with Crippen LogP contribution in [0.4, 0.5) is 0 Å². The summed E-state index contributed by atoms with van der Waals surface area (Å²) in [5.41, 5.74) is 0. The molecule has 0 aliphatic carbocycles. The average Bonchev–Trinajstić information content (AvgIpc) is 3.29. The Balaban J connectivity index is 1.40. The van der Waals surface area contributed by atoms with Gasteiger partial charge in [0.25, 0.3) is 0 Å². The number of likely N-dealkylation sites (tertiary alicyclic amines) is 1. The minimum Gasteiger partial charge on any atom is -0.381 e. The van der Waals surface area contributed by atoms with E-state index >= 15 is 0 Å². The zero-order valence-corrected chi connectivity index (χ0v) is 17.0. The first-order valence-electron chi connectivity index (χ1n) is 9.99. The first-order valence-corrected chi connectivity index (χ1v) is 10.8. The molecule has 146 valence electrons. The first-order chi connectivity index (χ1) is 12.7. The molecule has 3 rings (SSSR count). The first kappa shape index (κ1) is 19.6. The molecule has 0 spiro atoms. The predicted octanol–water partition coefficient (Wildman–Crippen LogP) is 2.05. The van der Waals surface area contributed by atoms with Gasteiger partial charge in [0.05, 0.1) is 11.6 Å². The molecular weight excluding hydrogens is 346 g/mol. The summed E-state index contributed by atoms with van der Waals surface area (Å²) >= 11 is 1.77. The van der Waals surface area contributed by atoms with Crippen LogP contribution in [0.5, 0.6) is 0 Å². The van der Waals surface area contributed by atoms with Gasteiger partial charge in [0, 0.05) is 62.9 Å². The van der Waals surface area contributed by atoms with E-state index in [9.17, 15) is 0 Å². The summed E-state index contributed by atoms with van der Waals surface area (Å²) in [6.07, 6.45) is 6.46. The molecule has 1 unspecified atom stereocenters. The molecule has 2 aliphatic heterocycles. The van der Waals surface area contributed by atoms with Gasteiger partial charge in [-0.2, -0.15) is 0 Å². The zero-order chi connectivity index (χ0) is 18.2. The number of rotatable bonds is 7. The Morgan fingerprint density at radius 1 is 1.38 bits per heavy atom. The second kappa shape index (κ2) is 10.2. The van der Waals surface area contributed by atoms with E-state index in [-0.39, 0.29) is 0 Å². The standard InChI is InChI=1S/C19H33N5OS/c1-3-20-19(21-8-4-18-22-12-15(2)26-18)23-17-5-9-24(10-6-17)13-16-7-11-25-14-16/h12,16-17H,3-11,13-14H2,1-2H3,(H2,20,21,23). The van der Waals surface area contributed by atoms with Crippen LogP contribution in [0.25, 0.3) is 0 Å². The predicted molar refractivity (Wildman–Crippen MR) is 108 cm³/mol. The van der Waals surface area contributed by atoms with Crippen molar-refractivity contribution in [3.8, 4) is 0 Å². The van der Waals surface area contributed by atoms with Crippen molar-refractivity contribution < 1.29 is 4.74 Å². The van der Waals surface area contributed by atoms with E-state index in [1.807, 2.05) is 6.20 Å². The molecule has 2 N–H and O–H groups in total. The summed E-state index contributed by atoms with van der Waals surface area (Å²) in [7, 11) is 0. The smallest absolute Gasteiger partial charge is 0.191 e. The fraction of sp³-hybridized carbons (Fsp3) is 0.789. The van der Waals surface area contributed by atoms with Crippen molar-refractivity contribution in [2.75, 3.05) is 45.9 Å². The second-order valence-electron chi connectivity index (χ2n) is 7.32. The molecule has 0 aromatic carbocycles. The van der Waals surface area contributed by atoms with Gasteiger partial charge in [-0.05, 0) is 39.0 Å². The summed E-state index contributed by atoms with van der Waals surface area (Å²) < 4.78 is 5.50. The van der Waals surface area contributed by atoms with Crippen LogP contribution in [0.15, 0.2) is 11.2 Å². The van der Waals surface area contributed by atoms with Gasteiger partial charge in [0.15, 0.2) is 5.96 Å². The van der Waals surface area contributed by atoms with Crippen molar-refractivity contribution in [1.82, 2.24) is 20.5 Å². The lowest BCUT2D eigenvalue weighted by Gasteiger charge is -2.34. The fourth-order valence-electron chi connectivity index (χ4n) is 3.65. The third-order valence-electron chi connectivity index (χ3n) is 5.08. The average molecular weight is 380 g/mol. The van der Waals surface area contributed by atoms with Crippen molar-refractivity contribution in [2.24, 2.45) is 10.9 Å². The summed E-state index contributed by atoms with van der Waals surface area (Å²) in [6, 6.07) is 0.519. The molecule has 6 nitrogen and oxygen atoms in total. The lowest BCUT2D eigenvalue weighted by Crippen LogP contribution is -2.49. The van der Waals surface area contributed by atoms with E-state index in [0.29, 0.717) is 6.04 Å². The number of aliphatic imine (C=N–C) groups is 1. The molecule has 3 heterocycles. The third-order valence-corrected chi connectivity index (χ3v) is 6.05. The largest absolute Gasteiger partial charge is 0.381 e. The molecule has 0 amide bonds. The number of aromatic nitrogens is 1. The number of hydrogen-bond donors (Lipinski definition) is 2. The zero-order valence-electron chi connectivity index (χ0n) is 16.2. The van der Waals surface area contributed by atoms with Crippen molar-refractivity contribution in [3.05, 3.63) is 16.1 Å². The van der Waals surface area contributed by atoms with E-state index in [0.717, 1.165) is 44.6 Å². The van der Waals surface area contributed by atoms with E-state index in [1.165, 1.54) is 48.8 Å². The van der Waals surface area contributed by atoms with Crippen LogP contribution in [-0.4, -0.2) is 67.8 Å². The van der Waals surface area contributed by atoms with Gasteiger partial charge < -0.3 is 20.3 Å². The van der Waals surface area contributed by atoms with Gasteiger partial charge in [0.1, 0.15) is 0 Å². The van der Waals surface area contributed by atoms with Crippen LogP contribution in [0.2, 0.25) is 0 Å². The molecule has 1 aromatic rings. The number of guanidine groups is 1. The van der Waals surface area contributed by atoms with Crippen LogP contribution in [0, 0.1) is 12.8 Å². The van der Waals surface area contributed by atoms with Gasteiger partial charge in [-0.15, -0.1) is 11.3 Å². The normalized spacial score (nSPS) is 22.7. The Hall–Kier alpha value is -1.18. The summed E-state index contributed by atoms with van der Waals surface area (Å²) in [5.74, 6) is 1.69. The van der Waals surface area contributed by atoms with Crippen LogP contribution >= 0.6 is 11.3 Å². The Kier molecular flexibility index (Phi) is 7.70. The monoisotopic (exact) mass is 379 g/mol. The van der Waals surface area contributed by atoms with Crippen molar-refractivity contribution >= 4 is 17.3 Å². The highest BCUT2D eigenvalue weighted by Gasteiger charge is 2.24. The van der Waals surface area contributed by atoms with E-state index in [1.54, 1.807) is 11.3 Å². The van der Waals surface area contributed by atoms with E-state index in [2.05, 4.69) is 34.4 Å². The molecule has 2 fully saturated rings. The van der Waals surface area contributed by atoms with Crippen LogP contribution < -0.4 is 10.6 Å². The molecule has 26 heavy (non-hydrogen) atoms. The molecule has 0 radical (unpaired) electrons. The Labute approximate surface area is 161 Å². The molecule has 1 atom stereocenters. The van der Waals surface area contributed by atoms with Crippen molar-refractivity contribution in [3.63, 3.8) is 0 Å². The summed E-state index contributed by atoms with van der Waals surface area (Å²) in [4.78, 5) is 13.0. The van der Waals surface area contributed by atoms with Crippen molar-refractivity contribution in [1.29, 1.82) is 0 Å². The minimum absolute atomic E-state index is 0.519. The van der Waals surface area contributed by atoms with Crippen LogP contribution in [0.1, 0.15) is 36.1 Å². The fourth-order valence-corrected chi connectivity index (χ4v) is 4.42. The van der Waals surface area contributed by atoms with Crippen LogP contribution in [-0.2, 0) is 11.2 Å². The topological polar surface area (TPSA) is 61.8 Å². The minimum atomic E-state index is 0.519. The molecule has 1 aromatic heterocycles. The number of hydrogen-bond acceptors (Lipinski definition) is 5. The Bertz CT molecular complexity index is 562. The number of ether oxygens (including phenoxy) is 1. The van der Waals surface area contributed by atoms with Gasteiger partial charge in [-0.25, -0.2) is 4.98 Å². The number of nitrogens with zero attached hydrogens (tertiary/aromatic N) is 3. The maximum atomic E-state index is 5.50. The molecule has 2 aliphatic rings. The number of nitrogens with one attached hydrogen (secondary N) is 2. The highest BCUT2D eigenvalue weighted by atomic mass is 32.1. The second-order valence-corrected chi connectivity index (χ2v) is 8.64. The number of aryl methyl sites for hydroxylation is 1. The number of piperidine rings is 1. The van der Waals surface area contributed by atoms with E-state index in [4.69, 9.17) is 9.73 Å². The third kappa shape index (κ3) is 6.21. The van der Waals surface area contributed by atoms with Crippen molar-refractivity contribution in [2.45, 2.75) is 45.6 Å². The quantitative estimate of drug-likeness (QED) is 0.561. The van der Waals surface area contributed by atoms with Gasteiger partial charge in [0.2, 0.25) is 0 Å². The Morgan fingerprint density at radius 3 is 2.88 bits per heavy atom. The summed E-state index contributed by atoms with van der Waals surface area (Å²) in [6.45, 7) is 11.3. The lowest BCUT2D eigenvalue weighted by molar-refractivity contribution is 0.150. The molecule has 2 saturated heterocycles. The lowest BCUT2D eigenvalue weighted by atomic mass is 10.0. The maximum Gasteiger partial charge on any atom is 0.191 e. The highest BCUT2D eigenvalue weighted by Crippen LogP contribution is 2.17. The van der Waals surface area contributed by atoms with E-state index < -0.39 is 0 Å². The van der Waals surface area contributed by atoms with Crippen LogP contribution in [0.3, 0.4) is 0 Å². The van der Waals surface area contributed by atoms with Gasteiger partial charge in [-0.1, -0.05) is 0 Å². The maximum absolute atomic E-state index is 5.50. The molecular formula is C19H33N5OS. The van der Waals surface area contributed by atoms with Gasteiger partial charge >= 0.3 is 0 Å². The van der Waals surface area contributed by atoms with Gasteiger partial charge in [-0.3, -0.25) is 4.99 Å². The molecule has 0 saturated carbocycles. The SMILES string of the molecule is CCNC(=NCCc1ncc(C)s1)NC1CCN(CC2CCOC2)CC1. The number of thiazole rings is 1. The summed E-state index contributed by atoms with van der Waals surface area (Å²) in [5, 5.41) is 8.19.